The Labute approximate surface area is 56.1 Å². The van der Waals surface area contributed by atoms with E-state index in [1.165, 1.54) is 0 Å². The molecular formula is C6H11Br. The minimum Gasteiger partial charge on any atom is -0.120 e. The van der Waals surface area contributed by atoms with Crippen LogP contribution in [0.4, 0.5) is 0 Å². The van der Waals surface area contributed by atoms with Crippen LogP contribution in [0.5, 0.6) is 0 Å². The lowest BCUT2D eigenvalue weighted by Crippen LogP contribution is -1.97. The SMILES string of the molecule is Br.C#CC(C)(C)C. The molecule has 0 heterocycles. The van der Waals surface area contributed by atoms with Crippen LogP contribution in [0.1, 0.15) is 20.8 Å². The van der Waals surface area contributed by atoms with Gasteiger partial charge in [0.2, 0.25) is 0 Å². The quantitative estimate of drug-likeness (QED) is 0.480. The number of hydrogen-bond acceptors (Lipinski definition) is 0. The highest BCUT2D eigenvalue weighted by Crippen LogP contribution is 2.08. The lowest BCUT2D eigenvalue weighted by molar-refractivity contribution is 0.571. The van der Waals surface area contributed by atoms with Crippen LogP contribution in [0, 0.1) is 17.8 Å². The van der Waals surface area contributed by atoms with Crippen molar-refractivity contribution in [3.63, 3.8) is 0 Å². The van der Waals surface area contributed by atoms with Crippen LogP contribution in [-0.4, -0.2) is 0 Å². The van der Waals surface area contributed by atoms with Gasteiger partial charge in [-0.15, -0.1) is 29.3 Å². The van der Waals surface area contributed by atoms with Gasteiger partial charge in [-0.3, -0.25) is 0 Å². The molecule has 0 saturated carbocycles. The van der Waals surface area contributed by atoms with Crippen molar-refractivity contribution in [1.82, 2.24) is 0 Å². The van der Waals surface area contributed by atoms with Crippen LogP contribution in [0.25, 0.3) is 0 Å². The Hall–Kier alpha value is 0.0400. The molecule has 0 nitrogen and oxygen atoms in total. The molecule has 0 fully saturated rings. The van der Waals surface area contributed by atoms with E-state index in [2.05, 4.69) is 5.92 Å². The zero-order chi connectivity index (χ0) is 5.21. The second kappa shape index (κ2) is 3.10. The number of halogens is 1. The van der Waals surface area contributed by atoms with E-state index in [4.69, 9.17) is 6.42 Å². The molecule has 0 unspecified atom stereocenters. The highest BCUT2D eigenvalue weighted by Gasteiger charge is 2.00. The molecule has 0 aliphatic rings. The molecule has 0 spiro atoms. The van der Waals surface area contributed by atoms with Gasteiger partial charge in [0.05, 0.1) is 0 Å². The minimum atomic E-state index is 0. The number of rotatable bonds is 0. The van der Waals surface area contributed by atoms with Crippen molar-refractivity contribution in [3.8, 4) is 12.3 Å². The first-order valence-electron chi connectivity index (χ1n) is 2.04. The fraction of sp³-hybridized carbons (Fsp3) is 0.667. The summed E-state index contributed by atoms with van der Waals surface area (Å²) in [5.41, 5.74) is 0.0694. The van der Waals surface area contributed by atoms with Crippen molar-refractivity contribution in [2.24, 2.45) is 5.41 Å². The summed E-state index contributed by atoms with van der Waals surface area (Å²) in [5, 5.41) is 0. The molecule has 0 aromatic rings. The van der Waals surface area contributed by atoms with Gasteiger partial charge >= 0.3 is 0 Å². The summed E-state index contributed by atoms with van der Waals surface area (Å²) in [5.74, 6) is 2.60. The highest BCUT2D eigenvalue weighted by atomic mass is 79.9. The van der Waals surface area contributed by atoms with E-state index in [0.717, 1.165) is 0 Å². The third kappa shape index (κ3) is 10.7. The van der Waals surface area contributed by atoms with Crippen LogP contribution in [0.2, 0.25) is 0 Å². The van der Waals surface area contributed by atoms with Gasteiger partial charge in [-0.05, 0) is 20.8 Å². The summed E-state index contributed by atoms with van der Waals surface area (Å²) >= 11 is 0. The second-order valence-electron chi connectivity index (χ2n) is 2.39. The highest BCUT2D eigenvalue weighted by molar-refractivity contribution is 8.93. The molecule has 0 rings (SSSR count). The minimum absolute atomic E-state index is 0. The first-order valence-corrected chi connectivity index (χ1v) is 2.04. The average molecular weight is 163 g/mol. The Morgan fingerprint density at radius 1 is 1.29 bits per heavy atom. The molecule has 0 atom stereocenters. The number of hydrogen-bond donors (Lipinski definition) is 0. The standard InChI is InChI=1S/C6H10.BrH/c1-5-6(2,3)4;/h1H,2-4H3;1H. The molecule has 1 heteroatoms. The van der Waals surface area contributed by atoms with Crippen LogP contribution >= 0.6 is 17.0 Å². The normalized spacial score (nSPS) is 8.86. The summed E-state index contributed by atoms with van der Waals surface area (Å²) in [4.78, 5) is 0. The molecule has 0 saturated heterocycles. The van der Waals surface area contributed by atoms with Crippen LogP contribution in [0.15, 0.2) is 0 Å². The molecular weight excluding hydrogens is 152 g/mol. The van der Waals surface area contributed by atoms with Gasteiger partial charge < -0.3 is 0 Å². The maximum absolute atomic E-state index is 5.06. The zero-order valence-corrected chi connectivity index (χ0v) is 6.70. The van der Waals surface area contributed by atoms with E-state index in [-0.39, 0.29) is 22.4 Å². The largest absolute Gasteiger partial charge is 0.120 e. The Kier molecular flexibility index (Phi) is 4.47. The van der Waals surface area contributed by atoms with Crippen LogP contribution in [-0.2, 0) is 0 Å². The van der Waals surface area contributed by atoms with Crippen LogP contribution < -0.4 is 0 Å². The van der Waals surface area contributed by atoms with Gasteiger partial charge in [0, 0.05) is 5.41 Å². The fourth-order valence-electron chi connectivity index (χ4n) is 0. The topological polar surface area (TPSA) is 0 Å². The van der Waals surface area contributed by atoms with Gasteiger partial charge in [0.15, 0.2) is 0 Å². The number of terminal acetylenes is 1. The predicted octanol–water partition coefficient (Wildman–Crippen LogP) is 2.24. The van der Waals surface area contributed by atoms with Crippen molar-refractivity contribution in [2.45, 2.75) is 20.8 Å². The van der Waals surface area contributed by atoms with E-state index in [1.807, 2.05) is 20.8 Å². The van der Waals surface area contributed by atoms with Crippen molar-refractivity contribution in [2.75, 3.05) is 0 Å². The molecule has 0 radical (unpaired) electrons. The van der Waals surface area contributed by atoms with Gasteiger partial charge in [0.25, 0.3) is 0 Å². The third-order valence-corrected chi connectivity index (χ3v) is 0.433. The maximum atomic E-state index is 5.06. The predicted molar refractivity (Wildman–Crippen MR) is 38.6 cm³/mol. The van der Waals surface area contributed by atoms with Gasteiger partial charge in [-0.1, -0.05) is 0 Å². The fourth-order valence-corrected chi connectivity index (χ4v) is 0. The summed E-state index contributed by atoms with van der Waals surface area (Å²) in [7, 11) is 0. The summed E-state index contributed by atoms with van der Waals surface area (Å²) in [6.07, 6.45) is 5.06. The Morgan fingerprint density at radius 3 is 1.43 bits per heavy atom. The molecule has 0 aromatic heterocycles. The first-order chi connectivity index (χ1) is 2.56. The molecule has 0 amide bonds. The van der Waals surface area contributed by atoms with E-state index in [9.17, 15) is 0 Å². The van der Waals surface area contributed by atoms with E-state index >= 15 is 0 Å². The third-order valence-electron chi connectivity index (χ3n) is 0.433. The Balaban J connectivity index is 0. The Bertz CT molecular complexity index is 71.2. The van der Waals surface area contributed by atoms with Crippen LogP contribution in [0.3, 0.4) is 0 Å². The molecule has 0 N–H and O–H groups in total. The molecule has 42 valence electrons. The Morgan fingerprint density at radius 2 is 1.43 bits per heavy atom. The smallest absolute Gasteiger partial charge is 0.0227 e. The van der Waals surface area contributed by atoms with Gasteiger partial charge in [-0.2, -0.15) is 0 Å². The zero-order valence-electron chi connectivity index (χ0n) is 4.99. The van der Waals surface area contributed by atoms with E-state index in [1.54, 1.807) is 0 Å². The molecule has 0 aliphatic carbocycles. The van der Waals surface area contributed by atoms with Crippen molar-refractivity contribution >= 4 is 17.0 Å². The molecule has 7 heavy (non-hydrogen) atoms. The monoisotopic (exact) mass is 162 g/mol. The van der Waals surface area contributed by atoms with E-state index in [0.29, 0.717) is 0 Å². The summed E-state index contributed by atoms with van der Waals surface area (Å²) < 4.78 is 0. The second-order valence-corrected chi connectivity index (χ2v) is 2.39. The van der Waals surface area contributed by atoms with Crippen molar-refractivity contribution in [1.29, 1.82) is 0 Å². The lowest BCUT2D eigenvalue weighted by atomic mass is 9.99. The average Bonchev–Trinajstić information content (AvgIpc) is 1.35. The lowest BCUT2D eigenvalue weighted by Gasteiger charge is -2.04. The van der Waals surface area contributed by atoms with Crippen molar-refractivity contribution < 1.29 is 0 Å². The van der Waals surface area contributed by atoms with Crippen molar-refractivity contribution in [3.05, 3.63) is 0 Å². The molecule has 0 bridgehead atoms. The molecule has 0 aromatic carbocycles. The van der Waals surface area contributed by atoms with E-state index < -0.39 is 0 Å². The summed E-state index contributed by atoms with van der Waals surface area (Å²) in [6.45, 7) is 6.02. The first kappa shape index (κ1) is 10.1. The van der Waals surface area contributed by atoms with Gasteiger partial charge in [-0.25, -0.2) is 0 Å². The maximum Gasteiger partial charge on any atom is 0.0227 e. The van der Waals surface area contributed by atoms with Gasteiger partial charge in [0.1, 0.15) is 0 Å². The summed E-state index contributed by atoms with van der Waals surface area (Å²) in [6, 6.07) is 0. The molecule has 0 aliphatic heterocycles.